The lowest BCUT2D eigenvalue weighted by atomic mass is 10.1. The number of carbonyl (C=O) groups excluding carboxylic acids is 1. The monoisotopic (exact) mass is 621 g/mol. The van der Waals surface area contributed by atoms with Crippen LogP contribution in [-0.2, 0) is 6.18 Å². The first-order chi connectivity index (χ1) is 20.6. The van der Waals surface area contributed by atoms with Crippen LogP contribution < -0.4 is 20.9 Å². The van der Waals surface area contributed by atoms with Crippen molar-refractivity contribution in [1.82, 2.24) is 24.8 Å². The first kappa shape index (κ1) is 32.2. The SMILES string of the molecule is Cc1ccc(C(=O)Nc2cc(N(C)CCN(C)C)cc(C(F)(F)F)c2)cc1Nc1ncnc2cnc(NCC(F)(F)F)nc12. The van der Waals surface area contributed by atoms with E-state index in [4.69, 9.17) is 0 Å². The number of aromatic nitrogens is 4. The molecule has 16 heteroatoms. The number of halogens is 6. The topological polar surface area (TPSA) is 111 Å². The van der Waals surface area contributed by atoms with Gasteiger partial charge in [0.15, 0.2) is 5.82 Å². The molecule has 0 saturated carbocycles. The maximum absolute atomic E-state index is 13.7. The third-order valence-electron chi connectivity index (χ3n) is 6.40. The molecule has 44 heavy (non-hydrogen) atoms. The summed E-state index contributed by atoms with van der Waals surface area (Å²) in [6.07, 6.45) is -6.66. The lowest BCUT2D eigenvalue weighted by Gasteiger charge is -2.23. The van der Waals surface area contributed by atoms with Gasteiger partial charge in [0.25, 0.3) is 5.91 Å². The molecule has 234 valence electrons. The van der Waals surface area contributed by atoms with Gasteiger partial charge in [-0.3, -0.25) is 4.79 Å². The van der Waals surface area contributed by atoms with E-state index in [1.165, 1.54) is 30.7 Å². The zero-order valence-electron chi connectivity index (χ0n) is 24.1. The summed E-state index contributed by atoms with van der Waals surface area (Å²) in [5, 5.41) is 7.68. The predicted molar refractivity (Wildman–Crippen MR) is 155 cm³/mol. The second kappa shape index (κ2) is 12.9. The van der Waals surface area contributed by atoms with Crippen LogP contribution in [0.25, 0.3) is 11.0 Å². The number of benzene rings is 2. The van der Waals surface area contributed by atoms with E-state index in [2.05, 4.69) is 35.9 Å². The molecule has 3 N–H and O–H groups in total. The number of rotatable bonds is 10. The number of aryl methyl sites for hydroxylation is 1. The molecule has 0 saturated heterocycles. The van der Waals surface area contributed by atoms with Crippen LogP contribution in [-0.4, -0.2) is 77.7 Å². The smallest absolute Gasteiger partial charge is 0.373 e. The summed E-state index contributed by atoms with van der Waals surface area (Å²) in [6, 6.07) is 7.96. The van der Waals surface area contributed by atoms with Crippen molar-refractivity contribution in [3.05, 3.63) is 65.6 Å². The minimum atomic E-state index is -4.63. The summed E-state index contributed by atoms with van der Waals surface area (Å²) in [4.78, 5) is 32.9. The Hall–Kier alpha value is -4.73. The molecule has 0 fully saturated rings. The van der Waals surface area contributed by atoms with Crippen LogP contribution in [0.1, 0.15) is 21.5 Å². The Kier molecular flexibility index (Phi) is 9.42. The van der Waals surface area contributed by atoms with Crippen molar-refractivity contribution in [3.63, 3.8) is 0 Å². The minimum Gasteiger partial charge on any atom is -0.373 e. The van der Waals surface area contributed by atoms with E-state index >= 15 is 0 Å². The van der Waals surface area contributed by atoms with E-state index in [0.29, 0.717) is 24.3 Å². The van der Waals surface area contributed by atoms with Crippen molar-refractivity contribution >= 4 is 45.8 Å². The molecule has 0 aliphatic carbocycles. The predicted octanol–water partition coefficient (Wildman–Crippen LogP) is 5.71. The molecule has 4 aromatic rings. The number of likely N-dealkylation sites (N-methyl/N-ethyl adjacent to an activating group) is 2. The molecule has 0 spiro atoms. The zero-order chi connectivity index (χ0) is 32.2. The van der Waals surface area contributed by atoms with Gasteiger partial charge in [-0.15, -0.1) is 0 Å². The molecule has 2 aromatic carbocycles. The molecule has 0 radical (unpaired) electrons. The summed E-state index contributed by atoms with van der Waals surface area (Å²) in [7, 11) is 5.37. The standard InChI is InChI=1S/C28H29F6N9O/c1-16-5-6-17(25(44)39-19-10-18(28(32,33)34)11-20(12-19)43(4)8-7-42(2)3)9-21(16)40-24-23-22(37-15-38-24)13-35-26(41-23)36-14-27(29,30)31/h5-6,9-13,15H,7-8,14H2,1-4H3,(H,39,44)(H,35,36,41)(H,37,38,40). The molecular weight excluding hydrogens is 592 g/mol. The summed E-state index contributed by atoms with van der Waals surface area (Å²) in [5.74, 6) is -0.815. The van der Waals surface area contributed by atoms with Crippen LogP contribution in [0, 0.1) is 6.92 Å². The molecule has 10 nitrogen and oxygen atoms in total. The van der Waals surface area contributed by atoms with Gasteiger partial charge in [0.2, 0.25) is 5.95 Å². The number of hydrogen-bond donors (Lipinski definition) is 3. The van der Waals surface area contributed by atoms with Crippen molar-refractivity contribution in [2.24, 2.45) is 0 Å². The second-order valence-electron chi connectivity index (χ2n) is 10.2. The number of hydrogen-bond acceptors (Lipinski definition) is 9. The van der Waals surface area contributed by atoms with Gasteiger partial charge in [0.05, 0.1) is 11.8 Å². The van der Waals surface area contributed by atoms with E-state index in [-0.39, 0.29) is 39.7 Å². The molecule has 4 rings (SSSR count). The third-order valence-corrected chi connectivity index (χ3v) is 6.40. The first-order valence-corrected chi connectivity index (χ1v) is 13.1. The number of anilines is 5. The highest BCUT2D eigenvalue weighted by molar-refractivity contribution is 6.05. The van der Waals surface area contributed by atoms with Crippen molar-refractivity contribution in [2.75, 3.05) is 61.6 Å². The number of nitrogens with one attached hydrogen (secondary N) is 3. The number of fused-ring (bicyclic) bond motifs is 1. The summed E-state index contributed by atoms with van der Waals surface area (Å²) in [5.41, 5.74) is 0.900. The Bertz CT molecular complexity index is 1640. The molecule has 0 atom stereocenters. The number of carbonyl (C=O) groups is 1. The lowest BCUT2D eigenvalue weighted by Crippen LogP contribution is -2.28. The molecule has 0 aliphatic heterocycles. The fourth-order valence-electron chi connectivity index (χ4n) is 3.99. The summed E-state index contributed by atoms with van der Waals surface area (Å²) >= 11 is 0. The maximum atomic E-state index is 13.7. The van der Waals surface area contributed by atoms with Gasteiger partial charge in [0.1, 0.15) is 23.9 Å². The molecule has 2 heterocycles. The largest absolute Gasteiger partial charge is 0.416 e. The maximum Gasteiger partial charge on any atom is 0.416 e. The highest BCUT2D eigenvalue weighted by atomic mass is 19.4. The van der Waals surface area contributed by atoms with E-state index in [0.717, 1.165) is 12.1 Å². The normalized spacial score (nSPS) is 12.0. The Morgan fingerprint density at radius 2 is 1.68 bits per heavy atom. The van der Waals surface area contributed by atoms with Gasteiger partial charge < -0.3 is 25.8 Å². The molecule has 1 amide bonds. The van der Waals surface area contributed by atoms with Crippen LogP contribution in [0.4, 0.5) is 55.2 Å². The van der Waals surface area contributed by atoms with Crippen LogP contribution in [0.5, 0.6) is 0 Å². The van der Waals surface area contributed by atoms with E-state index < -0.39 is 30.4 Å². The van der Waals surface area contributed by atoms with Crippen LogP contribution in [0.15, 0.2) is 48.9 Å². The van der Waals surface area contributed by atoms with E-state index in [1.807, 2.05) is 19.0 Å². The zero-order valence-corrected chi connectivity index (χ0v) is 24.1. The molecule has 0 unspecified atom stereocenters. The Morgan fingerprint density at radius 1 is 0.932 bits per heavy atom. The van der Waals surface area contributed by atoms with Crippen LogP contribution in [0.3, 0.4) is 0 Å². The molecule has 0 bridgehead atoms. The highest BCUT2D eigenvalue weighted by Crippen LogP contribution is 2.35. The van der Waals surface area contributed by atoms with Crippen molar-refractivity contribution in [3.8, 4) is 0 Å². The van der Waals surface area contributed by atoms with Crippen molar-refractivity contribution in [2.45, 2.75) is 19.3 Å². The Morgan fingerprint density at radius 3 is 2.36 bits per heavy atom. The second-order valence-corrected chi connectivity index (χ2v) is 10.2. The van der Waals surface area contributed by atoms with Crippen LogP contribution >= 0.6 is 0 Å². The number of nitrogens with zero attached hydrogens (tertiary/aromatic N) is 6. The quantitative estimate of drug-likeness (QED) is 0.192. The van der Waals surface area contributed by atoms with Gasteiger partial charge in [-0.1, -0.05) is 6.07 Å². The van der Waals surface area contributed by atoms with Gasteiger partial charge in [-0.25, -0.2) is 19.9 Å². The van der Waals surface area contributed by atoms with Gasteiger partial charge in [-0.05, 0) is 56.9 Å². The summed E-state index contributed by atoms with van der Waals surface area (Å²) < 4.78 is 79.1. The average Bonchev–Trinajstić information content (AvgIpc) is 2.95. The van der Waals surface area contributed by atoms with Gasteiger partial charge in [0, 0.05) is 42.8 Å². The molecule has 2 aromatic heterocycles. The first-order valence-electron chi connectivity index (χ1n) is 13.1. The fourth-order valence-corrected chi connectivity index (χ4v) is 3.99. The van der Waals surface area contributed by atoms with Crippen LogP contribution in [0.2, 0.25) is 0 Å². The van der Waals surface area contributed by atoms with E-state index in [9.17, 15) is 31.1 Å². The van der Waals surface area contributed by atoms with Gasteiger partial charge in [-0.2, -0.15) is 26.3 Å². The number of amides is 1. The van der Waals surface area contributed by atoms with E-state index in [1.54, 1.807) is 24.9 Å². The fraction of sp³-hybridized carbons (Fsp3) is 0.321. The average molecular weight is 622 g/mol. The lowest BCUT2D eigenvalue weighted by molar-refractivity contribution is -0.137. The Labute approximate surface area is 248 Å². The molecule has 0 aliphatic rings. The molecular formula is C28H29F6N9O. The number of alkyl halides is 6. The van der Waals surface area contributed by atoms with Crippen molar-refractivity contribution < 1.29 is 31.1 Å². The highest BCUT2D eigenvalue weighted by Gasteiger charge is 2.32. The summed E-state index contributed by atoms with van der Waals surface area (Å²) in [6.45, 7) is 1.45. The van der Waals surface area contributed by atoms with Crippen molar-refractivity contribution in [1.29, 1.82) is 0 Å². The third kappa shape index (κ3) is 8.43. The minimum absolute atomic E-state index is 0.0380. The Balaban J connectivity index is 1.60. The van der Waals surface area contributed by atoms with Gasteiger partial charge >= 0.3 is 12.4 Å².